The Labute approximate surface area is 109 Å². The molecule has 1 heterocycles. The lowest BCUT2D eigenvalue weighted by Gasteiger charge is -2.37. The van der Waals surface area contributed by atoms with Crippen LogP contribution in [0.5, 0.6) is 0 Å². The third kappa shape index (κ3) is 2.02. The van der Waals surface area contributed by atoms with Gasteiger partial charge in [0.25, 0.3) is 0 Å². The molecule has 0 N–H and O–H groups in total. The van der Waals surface area contributed by atoms with Crippen molar-refractivity contribution in [1.82, 2.24) is 4.57 Å². The molecule has 2 aliphatic rings. The van der Waals surface area contributed by atoms with Gasteiger partial charge in [-0.05, 0) is 43.6 Å². The van der Waals surface area contributed by atoms with Crippen molar-refractivity contribution in [3.05, 3.63) is 23.5 Å². The maximum Gasteiger partial charge on any atom is 0.164 e. The van der Waals surface area contributed by atoms with Crippen LogP contribution in [0, 0.1) is 5.41 Å². The number of nitrogens with zero attached hydrogens (tertiary/aromatic N) is 1. The van der Waals surface area contributed by atoms with E-state index in [9.17, 15) is 4.79 Å². The molecule has 0 saturated heterocycles. The first-order chi connectivity index (χ1) is 8.57. The van der Waals surface area contributed by atoms with Gasteiger partial charge in [0, 0.05) is 29.9 Å². The molecule has 1 unspecified atom stereocenters. The van der Waals surface area contributed by atoms with Crippen LogP contribution in [0.25, 0.3) is 0 Å². The highest BCUT2D eigenvalue weighted by Crippen LogP contribution is 2.42. The molecule has 18 heavy (non-hydrogen) atoms. The summed E-state index contributed by atoms with van der Waals surface area (Å²) in [7, 11) is 0. The fraction of sp³-hybridized carbons (Fsp3) is 0.688. The second-order valence-corrected chi connectivity index (χ2v) is 6.77. The van der Waals surface area contributed by atoms with E-state index in [0.717, 1.165) is 24.8 Å². The summed E-state index contributed by atoms with van der Waals surface area (Å²) in [5, 5.41) is 0. The average Bonchev–Trinajstić information content (AvgIpc) is 2.73. The number of fused-ring (bicyclic) bond motifs is 1. The third-order valence-electron chi connectivity index (χ3n) is 4.71. The summed E-state index contributed by atoms with van der Waals surface area (Å²) in [5.74, 6) is 0.352. The highest BCUT2D eigenvalue weighted by Gasteiger charge is 2.31. The second kappa shape index (κ2) is 4.25. The second-order valence-electron chi connectivity index (χ2n) is 6.77. The zero-order valence-corrected chi connectivity index (χ0v) is 11.5. The molecule has 1 aromatic heterocycles. The van der Waals surface area contributed by atoms with E-state index in [-0.39, 0.29) is 0 Å². The standard InChI is InChI=1S/C16H23NO/c1-16(2)9-4-5-12(11-16)17-10-8-13-14(17)6-3-7-15(13)18/h8,10,12H,3-7,9,11H2,1-2H3. The third-order valence-corrected chi connectivity index (χ3v) is 4.71. The molecule has 1 fully saturated rings. The van der Waals surface area contributed by atoms with Gasteiger partial charge in [-0.2, -0.15) is 0 Å². The van der Waals surface area contributed by atoms with Crippen molar-refractivity contribution in [2.75, 3.05) is 0 Å². The van der Waals surface area contributed by atoms with Crippen LogP contribution in [0.3, 0.4) is 0 Å². The molecule has 1 atom stereocenters. The molecule has 0 bridgehead atoms. The molecule has 0 radical (unpaired) electrons. The predicted octanol–water partition coefficient (Wildman–Crippen LogP) is 4.15. The average molecular weight is 245 g/mol. The number of rotatable bonds is 1. The molecular formula is C16H23NO. The lowest BCUT2D eigenvalue weighted by molar-refractivity contribution is 0.0970. The van der Waals surface area contributed by atoms with E-state index in [0.29, 0.717) is 17.2 Å². The van der Waals surface area contributed by atoms with Crippen molar-refractivity contribution in [3.8, 4) is 0 Å². The van der Waals surface area contributed by atoms with Crippen LogP contribution in [0.1, 0.15) is 74.5 Å². The molecule has 0 amide bonds. The molecule has 1 aromatic rings. The summed E-state index contributed by atoms with van der Waals surface area (Å²) in [4.78, 5) is 11.9. The Balaban J connectivity index is 1.91. The Hall–Kier alpha value is -1.05. The summed E-state index contributed by atoms with van der Waals surface area (Å²) in [6.07, 6.45) is 10.2. The maximum atomic E-state index is 11.9. The summed E-state index contributed by atoms with van der Waals surface area (Å²) < 4.78 is 2.42. The van der Waals surface area contributed by atoms with Crippen molar-refractivity contribution >= 4 is 5.78 Å². The molecule has 98 valence electrons. The molecular weight excluding hydrogens is 222 g/mol. The van der Waals surface area contributed by atoms with Crippen LogP contribution in [0.2, 0.25) is 0 Å². The summed E-state index contributed by atoms with van der Waals surface area (Å²) in [6, 6.07) is 2.67. The highest BCUT2D eigenvalue weighted by molar-refractivity contribution is 5.98. The van der Waals surface area contributed by atoms with Gasteiger partial charge >= 0.3 is 0 Å². The Morgan fingerprint density at radius 2 is 2.11 bits per heavy atom. The van der Waals surface area contributed by atoms with E-state index in [4.69, 9.17) is 0 Å². The maximum absolute atomic E-state index is 11.9. The van der Waals surface area contributed by atoms with Gasteiger partial charge in [0.2, 0.25) is 0 Å². The quantitative estimate of drug-likeness (QED) is 0.728. The van der Waals surface area contributed by atoms with Gasteiger partial charge in [0.05, 0.1) is 0 Å². The van der Waals surface area contributed by atoms with E-state index in [1.807, 2.05) is 0 Å². The molecule has 1 saturated carbocycles. The minimum atomic E-state index is 0.352. The first-order valence-corrected chi connectivity index (χ1v) is 7.30. The lowest BCUT2D eigenvalue weighted by atomic mass is 9.75. The van der Waals surface area contributed by atoms with Crippen LogP contribution >= 0.6 is 0 Å². The van der Waals surface area contributed by atoms with E-state index in [2.05, 4.69) is 30.7 Å². The molecule has 2 aliphatic carbocycles. The van der Waals surface area contributed by atoms with Crippen molar-refractivity contribution in [3.63, 3.8) is 0 Å². The van der Waals surface area contributed by atoms with Crippen molar-refractivity contribution in [2.24, 2.45) is 5.41 Å². The largest absolute Gasteiger partial charge is 0.348 e. The molecule has 2 nitrogen and oxygen atoms in total. The molecule has 0 spiro atoms. The SMILES string of the molecule is CC1(C)CCCC(n2ccc3c2CCCC3=O)C1. The predicted molar refractivity (Wildman–Crippen MR) is 73.0 cm³/mol. The van der Waals surface area contributed by atoms with E-state index in [1.165, 1.54) is 31.4 Å². The van der Waals surface area contributed by atoms with Gasteiger partial charge in [-0.3, -0.25) is 4.79 Å². The van der Waals surface area contributed by atoms with Gasteiger partial charge in [-0.25, -0.2) is 0 Å². The van der Waals surface area contributed by atoms with E-state index >= 15 is 0 Å². The van der Waals surface area contributed by atoms with E-state index < -0.39 is 0 Å². The van der Waals surface area contributed by atoms with Gasteiger partial charge < -0.3 is 4.57 Å². The Bertz CT molecular complexity index is 469. The Morgan fingerprint density at radius 1 is 1.28 bits per heavy atom. The first-order valence-electron chi connectivity index (χ1n) is 7.30. The first kappa shape index (κ1) is 12.0. The van der Waals surface area contributed by atoms with Crippen LogP contribution < -0.4 is 0 Å². The molecule has 0 aliphatic heterocycles. The minimum absolute atomic E-state index is 0.352. The van der Waals surface area contributed by atoms with Crippen molar-refractivity contribution in [2.45, 2.75) is 64.8 Å². The van der Waals surface area contributed by atoms with Gasteiger partial charge in [-0.15, -0.1) is 0 Å². The van der Waals surface area contributed by atoms with E-state index in [1.54, 1.807) is 0 Å². The Morgan fingerprint density at radius 3 is 2.89 bits per heavy atom. The number of hydrogen-bond donors (Lipinski definition) is 0. The summed E-state index contributed by atoms with van der Waals surface area (Å²) >= 11 is 0. The number of carbonyl (C=O) groups excluding carboxylic acids is 1. The molecule has 2 heteroatoms. The van der Waals surface area contributed by atoms with Crippen LogP contribution in [0.4, 0.5) is 0 Å². The smallest absolute Gasteiger partial charge is 0.164 e. The van der Waals surface area contributed by atoms with Gasteiger partial charge in [0.15, 0.2) is 5.78 Å². The monoisotopic (exact) mass is 245 g/mol. The van der Waals surface area contributed by atoms with Crippen molar-refractivity contribution in [1.29, 1.82) is 0 Å². The highest BCUT2D eigenvalue weighted by atomic mass is 16.1. The minimum Gasteiger partial charge on any atom is -0.348 e. The lowest BCUT2D eigenvalue weighted by Crippen LogP contribution is -2.26. The summed E-state index contributed by atoms with van der Waals surface area (Å²) in [5.41, 5.74) is 2.78. The normalized spacial score (nSPS) is 27.0. The molecule has 3 rings (SSSR count). The number of hydrogen-bond acceptors (Lipinski definition) is 1. The molecule has 0 aromatic carbocycles. The number of carbonyl (C=O) groups is 1. The zero-order valence-electron chi connectivity index (χ0n) is 11.5. The van der Waals surface area contributed by atoms with Crippen LogP contribution in [0.15, 0.2) is 12.3 Å². The van der Waals surface area contributed by atoms with Crippen LogP contribution in [-0.4, -0.2) is 10.4 Å². The zero-order chi connectivity index (χ0) is 12.8. The fourth-order valence-electron chi connectivity index (χ4n) is 3.79. The fourth-order valence-corrected chi connectivity index (χ4v) is 3.79. The van der Waals surface area contributed by atoms with Crippen LogP contribution in [-0.2, 0) is 6.42 Å². The topological polar surface area (TPSA) is 22.0 Å². The summed E-state index contributed by atoms with van der Waals surface area (Å²) in [6.45, 7) is 4.75. The van der Waals surface area contributed by atoms with Gasteiger partial charge in [0.1, 0.15) is 0 Å². The van der Waals surface area contributed by atoms with Gasteiger partial charge in [-0.1, -0.05) is 20.3 Å². The number of ketones is 1. The number of aromatic nitrogens is 1. The number of Topliss-reactive ketones (excluding diaryl/α,β-unsaturated/α-hetero) is 1. The van der Waals surface area contributed by atoms with Crippen molar-refractivity contribution < 1.29 is 4.79 Å². The Kier molecular flexibility index (Phi) is 2.84.